The van der Waals surface area contributed by atoms with Crippen LogP contribution >= 0.6 is 0 Å². The molecule has 24 heavy (non-hydrogen) atoms. The molecule has 2 aromatic heterocycles. The minimum absolute atomic E-state index is 0.133. The number of benzene rings is 1. The summed E-state index contributed by atoms with van der Waals surface area (Å²) in [5, 5.41) is 12.9. The first-order valence-electron chi connectivity index (χ1n) is 7.28. The summed E-state index contributed by atoms with van der Waals surface area (Å²) >= 11 is 0. The molecule has 0 saturated heterocycles. The number of carboxylic acids is 1. The van der Waals surface area contributed by atoms with E-state index >= 15 is 0 Å². The Balaban J connectivity index is 1.98. The van der Waals surface area contributed by atoms with Gasteiger partial charge in [-0.3, -0.25) is 0 Å². The van der Waals surface area contributed by atoms with E-state index in [4.69, 9.17) is 14.6 Å². The van der Waals surface area contributed by atoms with Gasteiger partial charge in [0, 0.05) is 6.20 Å². The number of aromatic nitrogens is 3. The number of fused-ring (bicyclic) bond motifs is 1. The Bertz CT molecular complexity index is 891. The second-order valence-corrected chi connectivity index (χ2v) is 4.87. The fourth-order valence-corrected chi connectivity index (χ4v) is 2.26. The van der Waals surface area contributed by atoms with Crippen molar-refractivity contribution in [2.24, 2.45) is 0 Å². The third-order valence-corrected chi connectivity index (χ3v) is 3.36. The lowest BCUT2D eigenvalue weighted by Gasteiger charge is -2.12. The Morgan fingerprint density at radius 2 is 2.17 bits per heavy atom. The van der Waals surface area contributed by atoms with Gasteiger partial charge in [-0.05, 0) is 31.2 Å². The lowest BCUT2D eigenvalue weighted by Crippen LogP contribution is -2.04. The molecule has 0 unspecified atom stereocenters. The van der Waals surface area contributed by atoms with Gasteiger partial charge in [0.15, 0.2) is 0 Å². The third kappa shape index (κ3) is 2.94. The van der Waals surface area contributed by atoms with Gasteiger partial charge in [-0.2, -0.15) is 9.97 Å². The molecular weight excluding hydrogens is 312 g/mol. The molecule has 0 aliphatic rings. The van der Waals surface area contributed by atoms with Crippen LogP contribution in [0.3, 0.4) is 0 Å². The number of carboxylic acid groups (broad SMARTS) is 1. The zero-order valence-electron chi connectivity index (χ0n) is 13.2. The Morgan fingerprint density at radius 1 is 1.33 bits per heavy atom. The predicted octanol–water partition coefficient (Wildman–Crippen LogP) is 2.81. The fourth-order valence-electron chi connectivity index (χ4n) is 2.26. The maximum absolute atomic E-state index is 11.1. The number of methoxy groups -OCH3 is 1. The number of hydrogen-bond acceptors (Lipinski definition) is 6. The van der Waals surface area contributed by atoms with Gasteiger partial charge in [-0.1, -0.05) is 0 Å². The van der Waals surface area contributed by atoms with E-state index in [1.807, 2.05) is 13.0 Å². The van der Waals surface area contributed by atoms with Crippen molar-refractivity contribution < 1.29 is 19.4 Å². The number of hydrogen-bond donors (Lipinski definition) is 3. The highest BCUT2D eigenvalue weighted by Gasteiger charge is 2.13. The van der Waals surface area contributed by atoms with E-state index < -0.39 is 5.97 Å². The molecule has 0 aliphatic carbocycles. The van der Waals surface area contributed by atoms with E-state index in [0.717, 1.165) is 5.39 Å². The van der Waals surface area contributed by atoms with E-state index in [2.05, 4.69) is 20.3 Å². The summed E-state index contributed by atoms with van der Waals surface area (Å²) in [5.41, 5.74) is 1.32. The summed E-state index contributed by atoms with van der Waals surface area (Å²) in [4.78, 5) is 22.8. The molecule has 0 fully saturated rings. The summed E-state index contributed by atoms with van der Waals surface area (Å²) in [7, 11) is 1.47. The molecule has 3 rings (SSSR count). The molecule has 3 aromatic rings. The SMILES string of the molecule is CCOc1nc(Nc2ccc(C(=O)O)cc2OC)nc2[nH]ccc12. The number of aromatic amines is 1. The molecule has 8 nitrogen and oxygen atoms in total. The van der Waals surface area contributed by atoms with Crippen molar-refractivity contribution in [1.82, 2.24) is 15.0 Å². The van der Waals surface area contributed by atoms with Crippen LogP contribution in [0.4, 0.5) is 11.6 Å². The molecule has 124 valence electrons. The van der Waals surface area contributed by atoms with Crippen molar-refractivity contribution in [3.8, 4) is 11.6 Å². The first-order chi connectivity index (χ1) is 11.6. The molecule has 0 radical (unpaired) electrons. The van der Waals surface area contributed by atoms with Gasteiger partial charge in [0.05, 0.1) is 30.4 Å². The van der Waals surface area contributed by atoms with Crippen molar-refractivity contribution in [3.05, 3.63) is 36.0 Å². The van der Waals surface area contributed by atoms with Gasteiger partial charge in [0.25, 0.3) is 0 Å². The van der Waals surface area contributed by atoms with Gasteiger partial charge in [0.2, 0.25) is 11.8 Å². The molecular formula is C16H16N4O4. The third-order valence-electron chi connectivity index (χ3n) is 3.36. The van der Waals surface area contributed by atoms with E-state index in [9.17, 15) is 4.79 Å². The number of nitrogens with one attached hydrogen (secondary N) is 2. The van der Waals surface area contributed by atoms with Crippen molar-refractivity contribution in [1.29, 1.82) is 0 Å². The summed E-state index contributed by atoms with van der Waals surface area (Å²) in [5.74, 6) is 0.132. The van der Waals surface area contributed by atoms with Crippen LogP contribution in [0.5, 0.6) is 11.6 Å². The molecule has 0 spiro atoms. The van der Waals surface area contributed by atoms with Crippen molar-refractivity contribution >= 4 is 28.6 Å². The van der Waals surface area contributed by atoms with Gasteiger partial charge in [0.1, 0.15) is 11.4 Å². The Kier molecular flexibility index (Phi) is 4.19. The number of anilines is 2. The summed E-state index contributed by atoms with van der Waals surface area (Å²) < 4.78 is 10.8. The fraction of sp³-hybridized carbons (Fsp3) is 0.188. The van der Waals surface area contributed by atoms with Gasteiger partial charge < -0.3 is 24.9 Å². The second kappa shape index (κ2) is 6.45. The summed E-state index contributed by atoms with van der Waals surface area (Å²) in [6.07, 6.45) is 1.76. The van der Waals surface area contributed by atoms with Crippen LogP contribution in [-0.4, -0.2) is 39.7 Å². The molecule has 2 heterocycles. The second-order valence-electron chi connectivity index (χ2n) is 4.87. The molecule has 8 heteroatoms. The number of nitrogens with zero attached hydrogens (tertiary/aromatic N) is 2. The minimum Gasteiger partial charge on any atom is -0.495 e. The molecule has 0 bridgehead atoms. The lowest BCUT2D eigenvalue weighted by atomic mass is 10.2. The molecule has 0 amide bonds. The highest BCUT2D eigenvalue weighted by atomic mass is 16.5. The summed E-state index contributed by atoms with van der Waals surface area (Å²) in [6, 6.07) is 6.35. The van der Waals surface area contributed by atoms with Gasteiger partial charge >= 0.3 is 5.97 Å². The molecule has 1 aromatic carbocycles. The van der Waals surface area contributed by atoms with Crippen molar-refractivity contribution in [3.63, 3.8) is 0 Å². The molecule has 3 N–H and O–H groups in total. The van der Waals surface area contributed by atoms with Gasteiger partial charge in [-0.15, -0.1) is 0 Å². The topological polar surface area (TPSA) is 109 Å². The molecule has 0 atom stereocenters. The Morgan fingerprint density at radius 3 is 2.88 bits per heavy atom. The average Bonchev–Trinajstić information content (AvgIpc) is 3.04. The van der Waals surface area contributed by atoms with Crippen LogP contribution in [0, 0.1) is 0 Å². The first kappa shape index (κ1) is 15.6. The van der Waals surface area contributed by atoms with Crippen LogP contribution in [0.1, 0.15) is 17.3 Å². The number of aromatic carboxylic acids is 1. The Hall–Kier alpha value is -3.29. The highest BCUT2D eigenvalue weighted by molar-refractivity contribution is 5.89. The normalized spacial score (nSPS) is 10.6. The highest BCUT2D eigenvalue weighted by Crippen LogP contribution is 2.30. The quantitative estimate of drug-likeness (QED) is 0.638. The standard InChI is InChI=1S/C16H16N4O4/c1-3-24-14-10-6-7-17-13(10)19-16(20-14)18-11-5-4-9(15(21)22)8-12(11)23-2/h4-8H,3H2,1-2H3,(H,21,22)(H2,17,18,19,20). The van der Waals surface area contributed by atoms with Crippen molar-refractivity contribution in [2.75, 3.05) is 19.0 Å². The monoisotopic (exact) mass is 328 g/mol. The van der Waals surface area contributed by atoms with Crippen LogP contribution in [0.25, 0.3) is 11.0 Å². The van der Waals surface area contributed by atoms with E-state index in [-0.39, 0.29) is 5.56 Å². The van der Waals surface area contributed by atoms with Crippen LogP contribution in [0.2, 0.25) is 0 Å². The molecule has 0 saturated carbocycles. The van der Waals surface area contributed by atoms with Crippen LogP contribution < -0.4 is 14.8 Å². The Labute approximate surface area is 137 Å². The maximum atomic E-state index is 11.1. The number of rotatable bonds is 6. The van der Waals surface area contributed by atoms with Crippen LogP contribution in [0.15, 0.2) is 30.5 Å². The number of carbonyl (C=O) groups is 1. The van der Waals surface area contributed by atoms with E-state index in [1.165, 1.54) is 19.2 Å². The smallest absolute Gasteiger partial charge is 0.335 e. The predicted molar refractivity (Wildman–Crippen MR) is 88.3 cm³/mol. The summed E-state index contributed by atoms with van der Waals surface area (Å²) in [6.45, 7) is 2.36. The largest absolute Gasteiger partial charge is 0.495 e. The zero-order chi connectivity index (χ0) is 17.1. The zero-order valence-corrected chi connectivity index (χ0v) is 13.2. The van der Waals surface area contributed by atoms with Crippen LogP contribution in [-0.2, 0) is 0 Å². The molecule has 0 aliphatic heterocycles. The average molecular weight is 328 g/mol. The maximum Gasteiger partial charge on any atom is 0.335 e. The lowest BCUT2D eigenvalue weighted by molar-refractivity contribution is 0.0696. The van der Waals surface area contributed by atoms with E-state index in [1.54, 1.807) is 12.3 Å². The number of H-pyrrole nitrogens is 1. The van der Waals surface area contributed by atoms with Crippen molar-refractivity contribution in [2.45, 2.75) is 6.92 Å². The number of ether oxygens (including phenoxy) is 2. The first-order valence-corrected chi connectivity index (χ1v) is 7.28. The van der Waals surface area contributed by atoms with E-state index in [0.29, 0.717) is 35.5 Å². The van der Waals surface area contributed by atoms with Gasteiger partial charge in [-0.25, -0.2) is 4.79 Å². The minimum atomic E-state index is -1.03.